The zero-order valence-electron chi connectivity index (χ0n) is 14.3. The molecule has 2 N–H and O–H groups in total. The van der Waals surface area contributed by atoms with Gasteiger partial charge in [-0.1, -0.05) is 12.1 Å². The van der Waals surface area contributed by atoms with Crippen LogP contribution in [0, 0.1) is 0 Å². The Hall–Kier alpha value is -1.39. The van der Waals surface area contributed by atoms with E-state index in [2.05, 4.69) is 16.3 Å². The van der Waals surface area contributed by atoms with Crippen molar-refractivity contribution in [2.24, 2.45) is 0 Å². The Morgan fingerprint density at radius 3 is 2.83 bits per heavy atom. The Morgan fingerprint density at radius 2 is 2.00 bits per heavy atom. The molecule has 1 aromatic rings. The number of fused-ring (bicyclic) bond motifs is 1. The van der Waals surface area contributed by atoms with Crippen LogP contribution in [0.2, 0.25) is 0 Å². The van der Waals surface area contributed by atoms with Crippen LogP contribution in [-0.4, -0.2) is 47.2 Å². The molecule has 4 heteroatoms. The summed E-state index contributed by atoms with van der Waals surface area (Å²) < 4.78 is 0. The molecule has 1 amide bonds. The van der Waals surface area contributed by atoms with Gasteiger partial charge in [0.2, 0.25) is 0 Å². The first-order valence-corrected chi connectivity index (χ1v) is 9.56. The largest absolute Gasteiger partial charge is 0.392 e. The topological polar surface area (TPSA) is 52.6 Å². The van der Waals surface area contributed by atoms with Crippen LogP contribution in [0.15, 0.2) is 18.2 Å². The molecule has 3 atom stereocenters. The van der Waals surface area contributed by atoms with E-state index in [1.165, 1.54) is 24.0 Å². The number of carbonyl (C=O) groups excluding carboxylic acids is 1. The number of aryl methyl sites for hydroxylation is 1. The van der Waals surface area contributed by atoms with E-state index in [1.807, 2.05) is 12.1 Å². The van der Waals surface area contributed by atoms with Crippen molar-refractivity contribution >= 4 is 5.91 Å². The lowest BCUT2D eigenvalue weighted by Crippen LogP contribution is -2.48. The molecule has 4 nitrogen and oxygen atoms in total. The molecule has 3 aliphatic rings. The third kappa shape index (κ3) is 3.09. The molecule has 0 spiro atoms. The second-order valence-electron chi connectivity index (χ2n) is 7.67. The van der Waals surface area contributed by atoms with Gasteiger partial charge >= 0.3 is 0 Å². The van der Waals surface area contributed by atoms with Gasteiger partial charge in [0, 0.05) is 30.7 Å². The van der Waals surface area contributed by atoms with Crippen LogP contribution in [0.1, 0.15) is 60.0 Å². The first-order valence-electron chi connectivity index (χ1n) is 9.56. The van der Waals surface area contributed by atoms with Gasteiger partial charge in [-0.25, -0.2) is 0 Å². The lowest BCUT2D eigenvalue weighted by Gasteiger charge is -2.30. The van der Waals surface area contributed by atoms with E-state index in [0.29, 0.717) is 6.04 Å². The van der Waals surface area contributed by atoms with Crippen LogP contribution in [0.5, 0.6) is 0 Å². The summed E-state index contributed by atoms with van der Waals surface area (Å²) in [5, 5.41) is 13.1. The van der Waals surface area contributed by atoms with E-state index in [-0.39, 0.29) is 18.1 Å². The number of β-amino-alcohol motifs (C(OH)–C–C–N with tert-alkyl or cyclic N) is 1. The van der Waals surface area contributed by atoms with E-state index in [0.717, 1.165) is 57.2 Å². The van der Waals surface area contributed by atoms with E-state index < -0.39 is 0 Å². The van der Waals surface area contributed by atoms with Crippen LogP contribution < -0.4 is 5.32 Å². The van der Waals surface area contributed by atoms with Crippen molar-refractivity contribution in [1.82, 2.24) is 10.2 Å². The number of aliphatic hydroxyl groups is 1. The van der Waals surface area contributed by atoms with Crippen LogP contribution >= 0.6 is 0 Å². The second-order valence-corrected chi connectivity index (χ2v) is 7.67. The van der Waals surface area contributed by atoms with Crippen molar-refractivity contribution in [3.05, 3.63) is 34.9 Å². The maximum Gasteiger partial charge on any atom is 0.251 e. The zero-order chi connectivity index (χ0) is 16.5. The number of rotatable bonds is 3. The molecule has 1 unspecified atom stereocenters. The van der Waals surface area contributed by atoms with Crippen LogP contribution in [0.3, 0.4) is 0 Å². The smallest absolute Gasteiger partial charge is 0.251 e. The lowest BCUT2D eigenvalue weighted by atomic mass is 9.88. The molecule has 2 fully saturated rings. The summed E-state index contributed by atoms with van der Waals surface area (Å²) >= 11 is 0. The predicted octanol–water partition coefficient (Wildman–Crippen LogP) is 2.28. The third-order valence-electron chi connectivity index (χ3n) is 6.10. The van der Waals surface area contributed by atoms with Crippen molar-refractivity contribution in [2.75, 3.05) is 13.1 Å². The molecule has 1 aliphatic heterocycles. The highest BCUT2D eigenvalue weighted by molar-refractivity contribution is 5.96. The molecule has 0 bridgehead atoms. The average molecular weight is 328 g/mol. The highest BCUT2D eigenvalue weighted by atomic mass is 16.3. The predicted molar refractivity (Wildman–Crippen MR) is 94.2 cm³/mol. The Kier molecular flexibility index (Phi) is 4.59. The first kappa shape index (κ1) is 16.1. The van der Waals surface area contributed by atoms with Gasteiger partial charge in [0.05, 0.1) is 6.10 Å². The molecule has 1 saturated carbocycles. The van der Waals surface area contributed by atoms with E-state index in [1.54, 1.807) is 0 Å². The molecular weight excluding hydrogens is 300 g/mol. The van der Waals surface area contributed by atoms with E-state index in [9.17, 15) is 9.90 Å². The molecule has 1 heterocycles. The molecule has 1 aromatic carbocycles. The fourth-order valence-electron chi connectivity index (χ4n) is 4.86. The van der Waals surface area contributed by atoms with Gasteiger partial charge in [-0.2, -0.15) is 0 Å². The van der Waals surface area contributed by atoms with Gasteiger partial charge < -0.3 is 10.4 Å². The van der Waals surface area contributed by atoms with E-state index in [4.69, 9.17) is 0 Å². The summed E-state index contributed by atoms with van der Waals surface area (Å²) in [4.78, 5) is 15.3. The van der Waals surface area contributed by atoms with Gasteiger partial charge in [-0.05, 0) is 68.6 Å². The normalized spacial score (nSPS) is 30.3. The SMILES string of the molecule is O=C(N[C@@H]1CCC[C@@H]1N1CCC(O)C1)c1cccc2c1CCCC2. The van der Waals surface area contributed by atoms with Crippen LogP contribution in [0.4, 0.5) is 0 Å². The van der Waals surface area contributed by atoms with Gasteiger partial charge in [0.1, 0.15) is 0 Å². The lowest BCUT2D eigenvalue weighted by molar-refractivity contribution is 0.0904. The molecule has 130 valence electrons. The minimum Gasteiger partial charge on any atom is -0.392 e. The summed E-state index contributed by atoms with van der Waals surface area (Å²) in [6, 6.07) is 6.81. The second kappa shape index (κ2) is 6.85. The fraction of sp³-hybridized carbons (Fsp3) is 0.650. The van der Waals surface area contributed by atoms with E-state index >= 15 is 0 Å². The molecular formula is C20H28N2O2. The number of hydrogen-bond donors (Lipinski definition) is 2. The highest BCUT2D eigenvalue weighted by Gasteiger charge is 2.36. The number of benzene rings is 1. The standard InChI is InChI=1S/C20H28N2O2/c23-15-11-12-22(13-15)19-10-4-9-18(19)21-20(24)17-8-3-6-14-5-1-2-7-16(14)17/h3,6,8,15,18-19,23H,1-2,4-5,7,9-13H2,(H,21,24)/t15?,18-,19+/m1/s1. The minimum absolute atomic E-state index is 0.102. The fourth-order valence-corrected chi connectivity index (χ4v) is 4.86. The maximum absolute atomic E-state index is 12.9. The van der Waals surface area contributed by atoms with Gasteiger partial charge in [0.25, 0.3) is 5.91 Å². The zero-order valence-corrected chi connectivity index (χ0v) is 14.3. The molecule has 0 aromatic heterocycles. The number of carbonyl (C=O) groups is 1. The summed E-state index contributed by atoms with van der Waals surface area (Å²) in [5.74, 6) is 0.102. The summed E-state index contributed by atoms with van der Waals surface area (Å²) in [6.45, 7) is 1.72. The molecule has 0 radical (unpaired) electrons. The Bertz CT molecular complexity index is 616. The van der Waals surface area contributed by atoms with Crippen molar-refractivity contribution < 1.29 is 9.90 Å². The highest BCUT2D eigenvalue weighted by Crippen LogP contribution is 2.29. The number of aliphatic hydroxyl groups excluding tert-OH is 1. The summed E-state index contributed by atoms with van der Waals surface area (Å²) in [7, 11) is 0. The third-order valence-corrected chi connectivity index (χ3v) is 6.10. The van der Waals surface area contributed by atoms with Crippen LogP contribution in [0.25, 0.3) is 0 Å². The number of amides is 1. The van der Waals surface area contributed by atoms with Gasteiger partial charge in [-0.15, -0.1) is 0 Å². The number of nitrogens with one attached hydrogen (secondary N) is 1. The molecule has 1 saturated heterocycles. The number of hydrogen-bond acceptors (Lipinski definition) is 3. The molecule has 4 rings (SSSR count). The van der Waals surface area contributed by atoms with Gasteiger partial charge in [0.15, 0.2) is 0 Å². The Balaban J connectivity index is 1.48. The Labute approximate surface area is 144 Å². The molecule has 2 aliphatic carbocycles. The number of likely N-dealkylation sites (tertiary alicyclic amines) is 1. The van der Waals surface area contributed by atoms with Crippen molar-refractivity contribution in [3.8, 4) is 0 Å². The van der Waals surface area contributed by atoms with Crippen molar-refractivity contribution in [3.63, 3.8) is 0 Å². The first-order chi connectivity index (χ1) is 11.7. The minimum atomic E-state index is -0.192. The maximum atomic E-state index is 12.9. The summed E-state index contributed by atoms with van der Waals surface area (Å²) in [6.07, 6.45) is 8.58. The van der Waals surface area contributed by atoms with Crippen LogP contribution in [-0.2, 0) is 12.8 Å². The average Bonchev–Trinajstić information content (AvgIpc) is 3.23. The molecule has 24 heavy (non-hydrogen) atoms. The van der Waals surface area contributed by atoms with Crippen molar-refractivity contribution in [1.29, 1.82) is 0 Å². The Morgan fingerprint density at radius 1 is 1.12 bits per heavy atom. The summed E-state index contributed by atoms with van der Waals surface area (Å²) in [5.41, 5.74) is 3.52. The quantitative estimate of drug-likeness (QED) is 0.895. The van der Waals surface area contributed by atoms with Crippen molar-refractivity contribution in [2.45, 2.75) is 69.6 Å². The van der Waals surface area contributed by atoms with Gasteiger partial charge in [-0.3, -0.25) is 9.69 Å². The monoisotopic (exact) mass is 328 g/mol. The number of nitrogens with zero attached hydrogens (tertiary/aromatic N) is 1.